The first-order valence-electron chi connectivity index (χ1n) is 9.48. The predicted molar refractivity (Wildman–Crippen MR) is 119 cm³/mol. The molecule has 29 heavy (non-hydrogen) atoms. The molecule has 0 fully saturated rings. The minimum absolute atomic E-state index is 0.209. The Morgan fingerprint density at radius 1 is 1.03 bits per heavy atom. The smallest absolute Gasteiger partial charge is 0.252 e. The van der Waals surface area contributed by atoms with Crippen molar-refractivity contribution in [1.29, 1.82) is 10.5 Å². The molecule has 0 bridgehead atoms. The molecule has 2 atom stereocenters. The van der Waals surface area contributed by atoms with Gasteiger partial charge in [-0.3, -0.25) is 0 Å². The third kappa shape index (κ3) is 5.89. The van der Waals surface area contributed by atoms with Crippen LogP contribution in [0.3, 0.4) is 0 Å². The van der Waals surface area contributed by atoms with Gasteiger partial charge in [0.25, 0.3) is 5.60 Å². The van der Waals surface area contributed by atoms with Gasteiger partial charge in [0.05, 0.1) is 22.8 Å². The fourth-order valence-electron chi connectivity index (χ4n) is 2.28. The average Bonchev–Trinajstić information content (AvgIpc) is 2.62. The molecule has 0 aromatic heterocycles. The number of hydrogen-bond acceptors (Lipinski definition) is 5. The molecule has 1 aromatic rings. The largest absolute Gasteiger partial charge is 0.497 e. The van der Waals surface area contributed by atoms with Crippen LogP contribution in [0.4, 0.5) is 0 Å². The molecule has 6 nitrogen and oxygen atoms in total. The van der Waals surface area contributed by atoms with Gasteiger partial charge in [-0.15, -0.1) is 0 Å². The van der Waals surface area contributed by atoms with Crippen LogP contribution in [0.2, 0.25) is 18.1 Å². The van der Waals surface area contributed by atoms with Crippen LogP contribution in [0, 0.1) is 22.7 Å². The summed E-state index contributed by atoms with van der Waals surface area (Å²) in [4.78, 5) is 0. The van der Waals surface area contributed by atoms with E-state index in [1.807, 2.05) is 54.6 Å². The summed E-state index contributed by atoms with van der Waals surface area (Å²) in [5, 5.41) is 20.0. The summed E-state index contributed by atoms with van der Waals surface area (Å²) >= 11 is 0. The highest BCUT2D eigenvalue weighted by atomic mass is 32.2. The fraction of sp³-hybridized carbons (Fsp3) is 0.619. The zero-order valence-electron chi connectivity index (χ0n) is 18.9. The van der Waals surface area contributed by atoms with Gasteiger partial charge in [-0.2, -0.15) is 10.5 Å². The number of methoxy groups -OCH3 is 1. The number of nitrogens with one attached hydrogen (secondary N) is 1. The van der Waals surface area contributed by atoms with Crippen LogP contribution in [-0.4, -0.2) is 30.0 Å². The van der Waals surface area contributed by atoms with Crippen LogP contribution in [0.1, 0.15) is 53.1 Å². The van der Waals surface area contributed by atoms with Crippen LogP contribution in [0.15, 0.2) is 24.3 Å². The molecule has 0 amide bonds. The molecule has 0 heterocycles. The van der Waals surface area contributed by atoms with Crippen molar-refractivity contribution in [2.24, 2.45) is 0 Å². The number of benzene rings is 1. The highest BCUT2D eigenvalue weighted by Gasteiger charge is 2.51. The number of rotatable bonds is 7. The Kier molecular flexibility index (Phi) is 7.83. The molecule has 0 saturated heterocycles. The molecule has 1 unspecified atom stereocenters. The van der Waals surface area contributed by atoms with Crippen molar-refractivity contribution in [3.05, 3.63) is 29.8 Å². The Morgan fingerprint density at radius 3 is 1.86 bits per heavy atom. The third-order valence-corrected chi connectivity index (χ3v) is 11.2. The van der Waals surface area contributed by atoms with Gasteiger partial charge in [0.1, 0.15) is 23.9 Å². The zero-order valence-corrected chi connectivity index (χ0v) is 20.7. The molecule has 0 spiro atoms. The lowest BCUT2D eigenvalue weighted by Gasteiger charge is -2.43. The van der Waals surface area contributed by atoms with E-state index >= 15 is 0 Å². The van der Waals surface area contributed by atoms with Gasteiger partial charge >= 0.3 is 0 Å². The van der Waals surface area contributed by atoms with E-state index in [9.17, 15) is 14.7 Å². The Hall–Kier alpha value is -1.71. The van der Waals surface area contributed by atoms with E-state index in [1.165, 1.54) is 0 Å². The van der Waals surface area contributed by atoms with Crippen molar-refractivity contribution in [2.45, 2.75) is 76.1 Å². The van der Waals surface area contributed by atoms with E-state index in [2.05, 4.69) is 16.9 Å². The van der Waals surface area contributed by atoms with Crippen molar-refractivity contribution in [3.63, 3.8) is 0 Å². The molecule has 0 aliphatic rings. The minimum atomic E-state index is -2.50. The Labute approximate surface area is 178 Å². The molecule has 160 valence electrons. The second-order valence-electron chi connectivity index (χ2n) is 9.53. The van der Waals surface area contributed by atoms with Crippen LogP contribution >= 0.6 is 0 Å². The van der Waals surface area contributed by atoms with E-state index in [-0.39, 0.29) is 5.04 Å². The van der Waals surface area contributed by atoms with E-state index in [4.69, 9.17) is 9.16 Å². The van der Waals surface area contributed by atoms with Crippen LogP contribution in [0.5, 0.6) is 5.75 Å². The summed E-state index contributed by atoms with van der Waals surface area (Å²) < 4.78 is 26.9. The molecule has 0 aliphatic heterocycles. The zero-order chi connectivity index (χ0) is 22.7. The molecule has 8 heteroatoms. The Balaban J connectivity index is 3.58. The lowest BCUT2D eigenvalue weighted by atomic mass is 9.92. The summed E-state index contributed by atoms with van der Waals surface area (Å²) in [6, 6.07) is 10.3. The van der Waals surface area contributed by atoms with E-state index < -0.39 is 35.7 Å². The third-order valence-electron chi connectivity index (χ3n) is 5.19. The van der Waals surface area contributed by atoms with Gasteiger partial charge in [0, 0.05) is 0 Å². The van der Waals surface area contributed by atoms with E-state index in [0.29, 0.717) is 11.3 Å². The van der Waals surface area contributed by atoms with Crippen molar-refractivity contribution in [1.82, 2.24) is 4.72 Å². The summed E-state index contributed by atoms with van der Waals surface area (Å²) in [5.74, 6) is 0.647. The van der Waals surface area contributed by atoms with Crippen molar-refractivity contribution >= 4 is 19.3 Å². The van der Waals surface area contributed by atoms with Crippen LogP contribution < -0.4 is 9.46 Å². The van der Waals surface area contributed by atoms with Crippen molar-refractivity contribution in [2.75, 3.05) is 7.11 Å². The predicted octanol–water partition coefficient (Wildman–Crippen LogP) is 4.60. The van der Waals surface area contributed by atoms with Gasteiger partial charge in [-0.25, -0.2) is 8.93 Å². The van der Waals surface area contributed by atoms with Gasteiger partial charge in [-0.1, -0.05) is 32.9 Å². The first kappa shape index (κ1) is 25.3. The number of nitrogens with zero attached hydrogens (tertiary/aromatic N) is 2. The molecule has 1 aromatic carbocycles. The summed E-state index contributed by atoms with van der Waals surface area (Å²) in [6.45, 7) is 15.6. The van der Waals surface area contributed by atoms with E-state index in [1.54, 1.807) is 31.4 Å². The molecular weight excluding hydrogens is 402 g/mol. The second-order valence-corrected chi connectivity index (χ2v) is 16.2. The first-order valence-corrected chi connectivity index (χ1v) is 13.5. The molecule has 1 rings (SSSR count). The molecule has 0 radical (unpaired) electrons. The minimum Gasteiger partial charge on any atom is -0.497 e. The normalized spacial score (nSPS) is 15.1. The second kappa shape index (κ2) is 8.97. The number of hydrogen-bond donors (Lipinski definition) is 1. The fourth-order valence-corrected chi connectivity index (χ4v) is 4.47. The van der Waals surface area contributed by atoms with Gasteiger partial charge in [0.15, 0.2) is 8.32 Å². The quantitative estimate of drug-likeness (QED) is 0.632. The lowest BCUT2D eigenvalue weighted by molar-refractivity contribution is 0.129. The molecular formula is C21H33N3O3SSi. The van der Waals surface area contributed by atoms with E-state index in [0.717, 1.165) is 0 Å². The molecule has 0 aliphatic carbocycles. The highest BCUT2D eigenvalue weighted by molar-refractivity contribution is 7.84. The van der Waals surface area contributed by atoms with Crippen molar-refractivity contribution in [3.8, 4) is 17.9 Å². The van der Waals surface area contributed by atoms with Crippen molar-refractivity contribution < 1.29 is 13.4 Å². The van der Waals surface area contributed by atoms with Gasteiger partial charge < -0.3 is 9.16 Å². The van der Waals surface area contributed by atoms with Crippen LogP contribution in [0.25, 0.3) is 0 Å². The highest BCUT2D eigenvalue weighted by Crippen LogP contribution is 2.42. The maximum absolute atomic E-state index is 12.9. The number of nitriles is 2. The lowest BCUT2D eigenvalue weighted by Crippen LogP contribution is -2.55. The topological polar surface area (TPSA) is 95.1 Å². The standard InChI is InChI=1S/C21H33N3O3SSi/c1-19(2,3)28(25)24-18(16-10-12-17(26-7)13-11-16)21(14-22,15-23)27-29(8,9)20(4,5)6/h10-13,18,24H,1-9H3/t18-,28?/m0/s1. The monoisotopic (exact) mass is 435 g/mol. The maximum atomic E-state index is 12.9. The van der Waals surface area contributed by atoms with Crippen LogP contribution in [-0.2, 0) is 15.4 Å². The Bertz CT molecular complexity index is 798. The average molecular weight is 436 g/mol. The van der Waals surface area contributed by atoms with Gasteiger partial charge in [0.2, 0.25) is 0 Å². The Morgan fingerprint density at radius 2 is 1.52 bits per heavy atom. The summed E-state index contributed by atoms with van der Waals surface area (Å²) in [7, 11) is -2.46. The molecule has 1 N–H and O–H groups in total. The molecule has 0 saturated carbocycles. The number of ether oxygens (including phenoxy) is 1. The summed E-state index contributed by atoms with van der Waals surface area (Å²) in [6.07, 6.45) is 0. The van der Waals surface area contributed by atoms with Gasteiger partial charge in [-0.05, 0) is 56.6 Å². The first-order chi connectivity index (χ1) is 13.1. The SMILES string of the molecule is COc1ccc([C@H](NS(=O)C(C)(C)C)C(C#N)(C#N)O[Si](C)(C)C(C)(C)C)cc1. The maximum Gasteiger partial charge on any atom is 0.252 e. The summed E-state index contributed by atoms with van der Waals surface area (Å²) in [5.41, 5.74) is -1.20.